The number of ether oxygens (including phenoxy) is 1. The summed E-state index contributed by atoms with van der Waals surface area (Å²) in [7, 11) is 3.80. The van der Waals surface area contributed by atoms with E-state index in [4.69, 9.17) is 4.74 Å². The van der Waals surface area contributed by atoms with Gasteiger partial charge in [-0.05, 0) is 25.5 Å². The minimum atomic E-state index is -0.115. The Kier molecular flexibility index (Phi) is 4.97. The first-order valence-electron chi connectivity index (χ1n) is 6.01. The van der Waals surface area contributed by atoms with Gasteiger partial charge in [0.1, 0.15) is 0 Å². The maximum atomic E-state index is 5.78. The molecular formula is C14H23NO. The lowest BCUT2D eigenvalue weighted by Gasteiger charge is -2.38. The van der Waals surface area contributed by atoms with Gasteiger partial charge < -0.3 is 10.1 Å². The van der Waals surface area contributed by atoms with E-state index in [-0.39, 0.29) is 11.6 Å². The fourth-order valence-corrected chi connectivity index (χ4v) is 2.44. The molecule has 0 spiro atoms. The first kappa shape index (κ1) is 13.2. The first-order chi connectivity index (χ1) is 7.74. The molecule has 0 aliphatic heterocycles. The van der Waals surface area contributed by atoms with Crippen LogP contribution in [0.4, 0.5) is 0 Å². The summed E-state index contributed by atoms with van der Waals surface area (Å²) >= 11 is 0. The second kappa shape index (κ2) is 6.02. The third-order valence-corrected chi connectivity index (χ3v) is 3.55. The molecule has 1 unspecified atom stereocenters. The smallest absolute Gasteiger partial charge is 0.0867 e. The molecule has 0 aliphatic rings. The number of likely N-dealkylation sites (N-methyl/N-ethyl adjacent to an activating group) is 1. The summed E-state index contributed by atoms with van der Waals surface area (Å²) in [5.41, 5.74) is 1.17. The van der Waals surface area contributed by atoms with Crippen molar-refractivity contribution in [3.8, 4) is 0 Å². The quantitative estimate of drug-likeness (QED) is 0.796. The van der Waals surface area contributed by atoms with Gasteiger partial charge in [0.2, 0.25) is 0 Å². The summed E-state index contributed by atoms with van der Waals surface area (Å²) in [5.74, 6) is 0. The highest BCUT2D eigenvalue weighted by Gasteiger charge is 2.35. The third-order valence-electron chi connectivity index (χ3n) is 3.55. The maximum Gasteiger partial charge on any atom is 0.0867 e. The average Bonchev–Trinajstić information content (AvgIpc) is 2.37. The molecule has 0 bridgehead atoms. The molecule has 0 aromatic heterocycles. The molecular weight excluding hydrogens is 198 g/mol. The van der Waals surface area contributed by atoms with Gasteiger partial charge in [-0.1, -0.05) is 44.2 Å². The summed E-state index contributed by atoms with van der Waals surface area (Å²) in [5, 5.41) is 3.39. The van der Waals surface area contributed by atoms with Gasteiger partial charge in [-0.2, -0.15) is 0 Å². The second-order valence-electron chi connectivity index (χ2n) is 4.11. The number of methoxy groups -OCH3 is 1. The molecule has 0 heterocycles. The van der Waals surface area contributed by atoms with Gasteiger partial charge in [0.05, 0.1) is 11.6 Å². The maximum absolute atomic E-state index is 5.78. The fraction of sp³-hybridized carbons (Fsp3) is 0.571. The summed E-state index contributed by atoms with van der Waals surface area (Å²) in [4.78, 5) is 0. The molecule has 1 aromatic rings. The van der Waals surface area contributed by atoms with Gasteiger partial charge in [-0.25, -0.2) is 0 Å². The Hall–Kier alpha value is -0.860. The van der Waals surface area contributed by atoms with Crippen LogP contribution in [0.15, 0.2) is 30.3 Å². The minimum absolute atomic E-state index is 0.115. The lowest BCUT2D eigenvalue weighted by atomic mass is 9.84. The largest absolute Gasteiger partial charge is 0.376 e. The van der Waals surface area contributed by atoms with Crippen molar-refractivity contribution >= 4 is 0 Å². The molecule has 0 fully saturated rings. The van der Waals surface area contributed by atoms with Crippen molar-refractivity contribution < 1.29 is 4.74 Å². The average molecular weight is 221 g/mol. The van der Waals surface area contributed by atoms with Crippen LogP contribution in [-0.4, -0.2) is 19.8 Å². The summed E-state index contributed by atoms with van der Waals surface area (Å²) in [6.07, 6.45) is 2.00. The lowest BCUT2D eigenvalue weighted by molar-refractivity contribution is -0.0467. The molecule has 0 radical (unpaired) electrons. The van der Waals surface area contributed by atoms with Crippen molar-refractivity contribution in [3.05, 3.63) is 35.9 Å². The van der Waals surface area contributed by atoms with Gasteiger partial charge >= 0.3 is 0 Å². The Morgan fingerprint density at radius 1 is 1.19 bits per heavy atom. The number of nitrogens with one attached hydrogen (secondary N) is 1. The molecule has 2 heteroatoms. The van der Waals surface area contributed by atoms with Crippen LogP contribution in [-0.2, 0) is 4.74 Å². The number of rotatable bonds is 6. The molecule has 1 rings (SSSR count). The lowest BCUT2D eigenvalue weighted by Crippen LogP contribution is -2.43. The predicted molar refractivity (Wildman–Crippen MR) is 68.6 cm³/mol. The van der Waals surface area contributed by atoms with Crippen LogP contribution in [0.1, 0.15) is 38.3 Å². The van der Waals surface area contributed by atoms with E-state index in [1.165, 1.54) is 5.56 Å². The molecule has 0 aliphatic carbocycles. The molecule has 0 amide bonds. The third kappa shape index (κ3) is 2.45. The SMILES string of the molecule is CCC(CC)(OC)C(NC)c1ccccc1. The van der Waals surface area contributed by atoms with Crippen molar-refractivity contribution in [3.63, 3.8) is 0 Å². The summed E-state index contributed by atoms with van der Waals surface area (Å²) in [6, 6.07) is 10.7. The molecule has 1 aromatic carbocycles. The van der Waals surface area contributed by atoms with Crippen LogP contribution in [0, 0.1) is 0 Å². The van der Waals surface area contributed by atoms with E-state index < -0.39 is 0 Å². The van der Waals surface area contributed by atoms with E-state index in [1.807, 2.05) is 13.1 Å². The van der Waals surface area contributed by atoms with Crippen LogP contribution in [0.5, 0.6) is 0 Å². The zero-order chi connectivity index (χ0) is 12.0. The molecule has 0 saturated heterocycles. The number of hydrogen-bond donors (Lipinski definition) is 1. The predicted octanol–water partition coefficient (Wildman–Crippen LogP) is 3.15. The second-order valence-corrected chi connectivity index (χ2v) is 4.11. The van der Waals surface area contributed by atoms with Crippen LogP contribution >= 0.6 is 0 Å². The standard InChI is InChI=1S/C14H23NO/c1-5-14(6-2,16-4)13(15-3)12-10-8-7-9-11-12/h7-11,13,15H,5-6H2,1-4H3. The number of hydrogen-bond acceptors (Lipinski definition) is 2. The topological polar surface area (TPSA) is 21.3 Å². The first-order valence-corrected chi connectivity index (χ1v) is 6.01. The normalized spacial score (nSPS) is 13.8. The van der Waals surface area contributed by atoms with E-state index >= 15 is 0 Å². The van der Waals surface area contributed by atoms with Crippen molar-refractivity contribution in [2.24, 2.45) is 0 Å². The number of benzene rings is 1. The van der Waals surface area contributed by atoms with Crippen molar-refractivity contribution in [2.75, 3.05) is 14.2 Å². The molecule has 16 heavy (non-hydrogen) atoms. The Morgan fingerprint density at radius 3 is 2.12 bits per heavy atom. The van der Waals surface area contributed by atoms with Crippen LogP contribution in [0.2, 0.25) is 0 Å². The van der Waals surface area contributed by atoms with Crippen LogP contribution in [0.25, 0.3) is 0 Å². The summed E-state index contributed by atoms with van der Waals surface area (Å²) in [6.45, 7) is 4.36. The Labute approximate surface area is 99.0 Å². The van der Waals surface area contributed by atoms with Gasteiger partial charge in [0, 0.05) is 7.11 Å². The zero-order valence-corrected chi connectivity index (χ0v) is 10.8. The van der Waals surface area contributed by atoms with Crippen LogP contribution < -0.4 is 5.32 Å². The molecule has 1 atom stereocenters. The van der Waals surface area contributed by atoms with Gasteiger partial charge in [0.25, 0.3) is 0 Å². The zero-order valence-electron chi connectivity index (χ0n) is 10.8. The van der Waals surface area contributed by atoms with E-state index in [0.717, 1.165) is 12.8 Å². The van der Waals surface area contributed by atoms with E-state index in [1.54, 1.807) is 7.11 Å². The highest BCUT2D eigenvalue weighted by Crippen LogP contribution is 2.34. The molecule has 0 saturated carbocycles. The van der Waals surface area contributed by atoms with Gasteiger partial charge in [-0.15, -0.1) is 0 Å². The minimum Gasteiger partial charge on any atom is -0.376 e. The van der Waals surface area contributed by atoms with Crippen molar-refractivity contribution in [1.29, 1.82) is 0 Å². The van der Waals surface area contributed by atoms with Gasteiger partial charge in [-0.3, -0.25) is 0 Å². The van der Waals surface area contributed by atoms with E-state index in [2.05, 4.69) is 43.4 Å². The Bertz CT molecular complexity index is 285. The van der Waals surface area contributed by atoms with E-state index in [9.17, 15) is 0 Å². The molecule has 2 nitrogen and oxygen atoms in total. The van der Waals surface area contributed by atoms with Crippen molar-refractivity contribution in [1.82, 2.24) is 5.32 Å². The fourth-order valence-electron chi connectivity index (χ4n) is 2.44. The molecule has 90 valence electrons. The monoisotopic (exact) mass is 221 g/mol. The summed E-state index contributed by atoms with van der Waals surface area (Å²) < 4.78 is 5.78. The highest BCUT2D eigenvalue weighted by molar-refractivity contribution is 5.22. The Morgan fingerprint density at radius 2 is 1.75 bits per heavy atom. The van der Waals surface area contributed by atoms with Gasteiger partial charge in [0.15, 0.2) is 0 Å². The Balaban J connectivity index is 3.05. The van der Waals surface area contributed by atoms with Crippen LogP contribution in [0.3, 0.4) is 0 Å². The molecule has 1 N–H and O–H groups in total. The highest BCUT2D eigenvalue weighted by atomic mass is 16.5. The van der Waals surface area contributed by atoms with E-state index in [0.29, 0.717) is 0 Å². The van der Waals surface area contributed by atoms with Crippen molar-refractivity contribution in [2.45, 2.75) is 38.3 Å².